The molecule has 0 bridgehead atoms. The number of ether oxygens (including phenoxy) is 1. The maximum atomic E-state index is 11.9. The normalized spacial score (nSPS) is 25.2. The van der Waals surface area contributed by atoms with E-state index in [2.05, 4.69) is 13.8 Å². The van der Waals surface area contributed by atoms with Crippen LogP contribution in [-0.4, -0.2) is 35.1 Å². The Labute approximate surface area is 118 Å². The second kappa shape index (κ2) is 7.68. The van der Waals surface area contributed by atoms with Crippen molar-refractivity contribution in [2.75, 3.05) is 12.4 Å². The van der Waals surface area contributed by atoms with Crippen LogP contribution in [0, 0.1) is 11.8 Å². The summed E-state index contributed by atoms with van der Waals surface area (Å²) >= 11 is 1.78. The summed E-state index contributed by atoms with van der Waals surface area (Å²) in [6, 6.07) is 0. The van der Waals surface area contributed by atoms with Gasteiger partial charge < -0.3 is 4.74 Å². The molecule has 1 saturated carbocycles. The minimum absolute atomic E-state index is 0.0516. The molecule has 4 nitrogen and oxygen atoms in total. The summed E-state index contributed by atoms with van der Waals surface area (Å²) in [6.45, 7) is 6.13. The van der Waals surface area contributed by atoms with Gasteiger partial charge in [0.25, 0.3) is 0 Å². The molecular formula is C14H22O4S. The molecule has 0 amide bonds. The first-order valence-corrected chi connectivity index (χ1v) is 7.87. The predicted octanol–water partition coefficient (Wildman–Crippen LogP) is 2.25. The number of ketones is 2. The Morgan fingerprint density at radius 1 is 1.42 bits per heavy atom. The van der Waals surface area contributed by atoms with Crippen molar-refractivity contribution in [2.45, 2.75) is 45.3 Å². The lowest BCUT2D eigenvalue weighted by molar-refractivity contribution is -0.156. The fourth-order valence-corrected chi connectivity index (χ4v) is 3.56. The standard InChI is InChI=1S/C14H22O4S/c1-4-18-14(17)13-10(6-9(3)19-5-2)7-11(15)8-12(13)16/h9-10,13H,4-8H2,1-3H3/t9-,10+,13+/m1/s1. The summed E-state index contributed by atoms with van der Waals surface area (Å²) < 4.78 is 4.98. The smallest absolute Gasteiger partial charge is 0.316 e. The van der Waals surface area contributed by atoms with E-state index in [-0.39, 0.29) is 30.5 Å². The topological polar surface area (TPSA) is 60.4 Å². The van der Waals surface area contributed by atoms with Gasteiger partial charge in [-0.3, -0.25) is 14.4 Å². The molecule has 0 aromatic carbocycles. The summed E-state index contributed by atoms with van der Waals surface area (Å²) in [5, 5.41) is 0.339. The zero-order chi connectivity index (χ0) is 14.4. The van der Waals surface area contributed by atoms with Gasteiger partial charge in [0, 0.05) is 11.7 Å². The molecule has 0 unspecified atom stereocenters. The minimum atomic E-state index is -0.738. The van der Waals surface area contributed by atoms with Gasteiger partial charge in [0.2, 0.25) is 0 Å². The first-order chi connectivity index (χ1) is 8.99. The highest BCUT2D eigenvalue weighted by molar-refractivity contribution is 7.99. The van der Waals surface area contributed by atoms with Crippen LogP contribution in [0.3, 0.4) is 0 Å². The minimum Gasteiger partial charge on any atom is -0.465 e. The number of carbonyl (C=O) groups excluding carboxylic acids is 3. The number of rotatable bonds is 6. The molecule has 1 aliphatic carbocycles. The van der Waals surface area contributed by atoms with Crippen LogP contribution in [0.4, 0.5) is 0 Å². The zero-order valence-corrected chi connectivity index (χ0v) is 12.6. The highest BCUT2D eigenvalue weighted by Gasteiger charge is 2.41. The fourth-order valence-electron chi connectivity index (χ4n) is 2.60. The Morgan fingerprint density at radius 2 is 2.11 bits per heavy atom. The first kappa shape index (κ1) is 16.2. The van der Waals surface area contributed by atoms with E-state index in [1.165, 1.54) is 0 Å². The van der Waals surface area contributed by atoms with Gasteiger partial charge in [-0.2, -0.15) is 11.8 Å². The van der Waals surface area contributed by atoms with E-state index in [4.69, 9.17) is 4.74 Å². The van der Waals surface area contributed by atoms with Gasteiger partial charge in [0.15, 0.2) is 5.78 Å². The molecule has 1 aliphatic rings. The Bertz CT molecular complexity index is 353. The van der Waals surface area contributed by atoms with Crippen LogP contribution >= 0.6 is 11.8 Å². The highest BCUT2D eigenvalue weighted by atomic mass is 32.2. The van der Waals surface area contributed by atoms with Crippen LogP contribution in [0.5, 0.6) is 0 Å². The van der Waals surface area contributed by atoms with E-state index in [9.17, 15) is 14.4 Å². The third kappa shape index (κ3) is 4.64. The van der Waals surface area contributed by atoms with Crippen molar-refractivity contribution in [1.29, 1.82) is 0 Å². The largest absolute Gasteiger partial charge is 0.465 e. The van der Waals surface area contributed by atoms with E-state index in [0.717, 1.165) is 5.75 Å². The van der Waals surface area contributed by atoms with Crippen molar-refractivity contribution in [3.05, 3.63) is 0 Å². The molecule has 3 atom stereocenters. The van der Waals surface area contributed by atoms with Gasteiger partial charge in [-0.05, 0) is 25.0 Å². The van der Waals surface area contributed by atoms with Crippen LogP contribution in [0.2, 0.25) is 0 Å². The van der Waals surface area contributed by atoms with Crippen LogP contribution in [0.25, 0.3) is 0 Å². The van der Waals surface area contributed by atoms with Crippen LogP contribution in [-0.2, 0) is 19.1 Å². The first-order valence-electron chi connectivity index (χ1n) is 6.82. The molecular weight excluding hydrogens is 264 g/mol. The quantitative estimate of drug-likeness (QED) is 0.553. The van der Waals surface area contributed by atoms with Crippen molar-refractivity contribution in [1.82, 2.24) is 0 Å². The second-order valence-corrected chi connectivity index (χ2v) is 6.59. The van der Waals surface area contributed by atoms with Crippen LogP contribution < -0.4 is 0 Å². The molecule has 5 heteroatoms. The molecule has 1 fully saturated rings. The second-order valence-electron chi connectivity index (χ2n) is 4.88. The van der Waals surface area contributed by atoms with Gasteiger partial charge in [0.1, 0.15) is 11.7 Å². The molecule has 19 heavy (non-hydrogen) atoms. The number of esters is 1. The summed E-state index contributed by atoms with van der Waals surface area (Å²) in [5.74, 6) is -0.726. The molecule has 0 saturated heterocycles. The maximum absolute atomic E-state index is 11.9. The molecule has 0 N–H and O–H groups in total. The lowest BCUT2D eigenvalue weighted by atomic mass is 9.75. The van der Waals surface area contributed by atoms with Gasteiger partial charge in [-0.1, -0.05) is 13.8 Å². The van der Waals surface area contributed by atoms with Gasteiger partial charge in [0.05, 0.1) is 13.0 Å². The van der Waals surface area contributed by atoms with E-state index in [1.54, 1.807) is 18.7 Å². The van der Waals surface area contributed by atoms with Gasteiger partial charge in [-0.25, -0.2) is 0 Å². The fraction of sp³-hybridized carbons (Fsp3) is 0.786. The predicted molar refractivity (Wildman–Crippen MR) is 75.1 cm³/mol. The molecule has 0 spiro atoms. The van der Waals surface area contributed by atoms with Gasteiger partial charge >= 0.3 is 5.97 Å². The third-order valence-corrected chi connectivity index (χ3v) is 4.40. The number of hydrogen-bond acceptors (Lipinski definition) is 5. The van der Waals surface area contributed by atoms with Crippen molar-refractivity contribution in [3.63, 3.8) is 0 Å². The zero-order valence-electron chi connectivity index (χ0n) is 11.8. The lowest BCUT2D eigenvalue weighted by Gasteiger charge is -2.29. The Hall–Kier alpha value is -0.840. The van der Waals surface area contributed by atoms with E-state index >= 15 is 0 Å². The maximum Gasteiger partial charge on any atom is 0.316 e. The van der Waals surface area contributed by atoms with E-state index < -0.39 is 11.9 Å². The van der Waals surface area contributed by atoms with Crippen molar-refractivity contribution in [2.24, 2.45) is 11.8 Å². The number of Topliss-reactive ketones (excluding diaryl/α,β-unsaturated/α-hetero) is 2. The monoisotopic (exact) mass is 286 g/mol. The third-order valence-electron chi connectivity index (χ3n) is 3.31. The van der Waals surface area contributed by atoms with Gasteiger partial charge in [-0.15, -0.1) is 0 Å². The number of carbonyl (C=O) groups is 3. The molecule has 0 radical (unpaired) electrons. The van der Waals surface area contributed by atoms with Crippen molar-refractivity contribution < 1.29 is 19.1 Å². The van der Waals surface area contributed by atoms with E-state index in [0.29, 0.717) is 18.1 Å². The Kier molecular flexibility index (Phi) is 6.55. The summed E-state index contributed by atoms with van der Waals surface area (Å²) in [5.41, 5.74) is 0. The van der Waals surface area contributed by atoms with E-state index in [1.807, 2.05) is 0 Å². The Morgan fingerprint density at radius 3 is 2.68 bits per heavy atom. The lowest BCUT2D eigenvalue weighted by Crippen LogP contribution is -2.40. The summed E-state index contributed by atoms with van der Waals surface area (Å²) in [4.78, 5) is 35.4. The Balaban J connectivity index is 2.78. The summed E-state index contributed by atoms with van der Waals surface area (Å²) in [7, 11) is 0. The molecule has 108 valence electrons. The molecule has 1 rings (SSSR count). The number of thioether (sulfide) groups is 1. The SMILES string of the molecule is CCOC(=O)[C@@H]1C(=O)CC(=O)C[C@@H]1C[C@@H](C)SCC. The van der Waals surface area contributed by atoms with Crippen LogP contribution in [0.15, 0.2) is 0 Å². The molecule has 0 aliphatic heterocycles. The molecule has 0 heterocycles. The number of hydrogen-bond donors (Lipinski definition) is 0. The molecule has 0 aromatic rings. The highest BCUT2D eigenvalue weighted by Crippen LogP contribution is 2.33. The average molecular weight is 286 g/mol. The van der Waals surface area contributed by atoms with Crippen molar-refractivity contribution in [3.8, 4) is 0 Å². The molecule has 0 aromatic heterocycles. The van der Waals surface area contributed by atoms with Crippen molar-refractivity contribution >= 4 is 29.3 Å². The van der Waals surface area contributed by atoms with Crippen LogP contribution in [0.1, 0.15) is 40.0 Å². The summed E-state index contributed by atoms with van der Waals surface area (Å²) in [6.07, 6.45) is 0.915. The average Bonchev–Trinajstić information content (AvgIpc) is 2.28.